The normalized spacial score (nSPS) is 12.0. The summed E-state index contributed by atoms with van der Waals surface area (Å²) in [6.45, 7) is 6.71. The predicted molar refractivity (Wildman–Crippen MR) is 330 cm³/mol. The minimum Gasteiger partial charge on any atom is -0.462 e. The Morgan fingerprint density at radius 2 is 0.434 bits per heavy atom. The molecule has 6 nitrogen and oxygen atoms in total. The maximum atomic E-state index is 12.9. The molecular formula is C70H134O6. The van der Waals surface area contributed by atoms with Crippen LogP contribution in [0.1, 0.15) is 400 Å². The number of esters is 3. The van der Waals surface area contributed by atoms with Gasteiger partial charge in [0, 0.05) is 19.3 Å². The minimum absolute atomic E-state index is 0.0622. The van der Waals surface area contributed by atoms with E-state index in [4.69, 9.17) is 14.2 Å². The number of carbonyl (C=O) groups excluding carboxylic acids is 3. The van der Waals surface area contributed by atoms with Crippen molar-refractivity contribution in [2.75, 3.05) is 13.2 Å². The summed E-state index contributed by atoms with van der Waals surface area (Å²) in [6.07, 6.45) is 78.2. The highest BCUT2D eigenvalue weighted by molar-refractivity contribution is 5.71. The van der Waals surface area contributed by atoms with E-state index in [1.54, 1.807) is 0 Å². The second kappa shape index (κ2) is 65.7. The van der Waals surface area contributed by atoms with Crippen molar-refractivity contribution in [3.8, 4) is 0 Å². The van der Waals surface area contributed by atoms with Crippen LogP contribution in [0.4, 0.5) is 0 Å². The molecule has 0 aliphatic carbocycles. The topological polar surface area (TPSA) is 78.9 Å². The summed E-state index contributed by atoms with van der Waals surface area (Å²) in [5, 5.41) is 0. The summed E-state index contributed by atoms with van der Waals surface area (Å²) in [7, 11) is 0. The molecule has 0 spiro atoms. The van der Waals surface area contributed by atoms with Gasteiger partial charge in [0.05, 0.1) is 0 Å². The van der Waals surface area contributed by atoms with Crippen LogP contribution in [0, 0.1) is 0 Å². The molecule has 0 rings (SSSR count). The molecule has 0 aromatic carbocycles. The first-order valence-electron chi connectivity index (χ1n) is 34.7. The SMILES string of the molecule is CCCCCCCCCC/C=C\CCCCCCCCCCCCCCCCCCCCCC(=O)OCC(COC(=O)CCCCCCCCCCCCC)OC(=O)CCCCCCCCCCCCCCCCCC. The molecule has 0 saturated carbocycles. The second-order valence-electron chi connectivity index (χ2n) is 23.8. The van der Waals surface area contributed by atoms with Crippen molar-refractivity contribution in [2.45, 2.75) is 406 Å². The largest absolute Gasteiger partial charge is 0.462 e. The van der Waals surface area contributed by atoms with E-state index in [1.165, 1.54) is 302 Å². The molecule has 0 heterocycles. The van der Waals surface area contributed by atoms with Gasteiger partial charge in [-0.25, -0.2) is 0 Å². The number of unbranched alkanes of at least 4 members (excludes halogenated alkanes) is 52. The lowest BCUT2D eigenvalue weighted by molar-refractivity contribution is -0.167. The number of ether oxygens (including phenoxy) is 3. The standard InChI is InChI=1S/C70H134O6/c1-4-7-10-13-16-19-22-24-26-28-29-30-31-32-33-34-35-36-37-38-39-40-41-42-44-45-48-51-54-57-60-63-69(72)75-66-67(65-74-68(71)62-59-56-53-50-47-21-18-15-12-9-6-3)76-70(73)64-61-58-55-52-49-46-43-27-25-23-20-17-14-11-8-5-2/h28-29,67H,4-27,30-66H2,1-3H3/b29-28-. The van der Waals surface area contributed by atoms with E-state index >= 15 is 0 Å². The highest BCUT2D eigenvalue weighted by atomic mass is 16.6. The summed E-state index contributed by atoms with van der Waals surface area (Å²) in [6, 6.07) is 0. The van der Waals surface area contributed by atoms with Crippen LogP contribution in [0.5, 0.6) is 0 Å². The third kappa shape index (κ3) is 63.0. The molecule has 0 saturated heterocycles. The fraction of sp³-hybridized carbons (Fsp3) is 0.929. The third-order valence-electron chi connectivity index (χ3n) is 16.0. The smallest absolute Gasteiger partial charge is 0.306 e. The van der Waals surface area contributed by atoms with E-state index in [-0.39, 0.29) is 31.1 Å². The Morgan fingerprint density at radius 1 is 0.250 bits per heavy atom. The lowest BCUT2D eigenvalue weighted by Crippen LogP contribution is -2.30. The third-order valence-corrected chi connectivity index (χ3v) is 16.0. The lowest BCUT2D eigenvalue weighted by atomic mass is 10.0. The zero-order chi connectivity index (χ0) is 55.0. The summed E-state index contributed by atoms with van der Waals surface area (Å²) in [5.41, 5.74) is 0. The second-order valence-corrected chi connectivity index (χ2v) is 23.8. The average molecular weight is 1070 g/mol. The average Bonchev–Trinajstić information content (AvgIpc) is 3.42. The molecule has 1 atom stereocenters. The summed E-state index contributed by atoms with van der Waals surface area (Å²) >= 11 is 0. The van der Waals surface area contributed by atoms with Crippen LogP contribution < -0.4 is 0 Å². The number of rotatable bonds is 65. The van der Waals surface area contributed by atoms with Crippen molar-refractivity contribution in [1.29, 1.82) is 0 Å². The van der Waals surface area contributed by atoms with Gasteiger partial charge in [-0.3, -0.25) is 14.4 Å². The van der Waals surface area contributed by atoms with Crippen LogP contribution in [0.2, 0.25) is 0 Å². The summed E-state index contributed by atoms with van der Waals surface area (Å²) < 4.78 is 16.9. The van der Waals surface area contributed by atoms with Gasteiger partial charge in [-0.15, -0.1) is 0 Å². The molecule has 0 bridgehead atoms. The van der Waals surface area contributed by atoms with Crippen molar-refractivity contribution in [2.24, 2.45) is 0 Å². The molecule has 1 unspecified atom stereocenters. The molecule has 76 heavy (non-hydrogen) atoms. The van der Waals surface area contributed by atoms with E-state index in [0.29, 0.717) is 19.3 Å². The maximum Gasteiger partial charge on any atom is 0.306 e. The van der Waals surface area contributed by atoms with E-state index < -0.39 is 6.10 Å². The lowest BCUT2D eigenvalue weighted by Gasteiger charge is -2.18. The highest BCUT2D eigenvalue weighted by Crippen LogP contribution is 2.19. The zero-order valence-corrected chi connectivity index (χ0v) is 51.8. The van der Waals surface area contributed by atoms with Crippen molar-refractivity contribution < 1.29 is 28.6 Å². The van der Waals surface area contributed by atoms with Crippen LogP contribution in [0.15, 0.2) is 12.2 Å². The maximum absolute atomic E-state index is 12.9. The van der Waals surface area contributed by atoms with Gasteiger partial charge >= 0.3 is 17.9 Å². The van der Waals surface area contributed by atoms with Gasteiger partial charge in [-0.05, 0) is 44.9 Å². The van der Waals surface area contributed by atoms with E-state index in [0.717, 1.165) is 57.8 Å². The van der Waals surface area contributed by atoms with E-state index in [2.05, 4.69) is 32.9 Å². The first kappa shape index (κ1) is 74.2. The van der Waals surface area contributed by atoms with Gasteiger partial charge in [-0.1, -0.05) is 348 Å². The van der Waals surface area contributed by atoms with Crippen LogP contribution in [0.3, 0.4) is 0 Å². The Kier molecular flexibility index (Phi) is 64.1. The van der Waals surface area contributed by atoms with Gasteiger partial charge in [0.1, 0.15) is 13.2 Å². The molecule has 0 aromatic rings. The molecule has 6 heteroatoms. The van der Waals surface area contributed by atoms with Crippen molar-refractivity contribution in [3.63, 3.8) is 0 Å². The van der Waals surface area contributed by atoms with Crippen LogP contribution in [0.25, 0.3) is 0 Å². The molecule has 450 valence electrons. The van der Waals surface area contributed by atoms with Gasteiger partial charge in [0.15, 0.2) is 6.10 Å². The van der Waals surface area contributed by atoms with E-state index in [1.807, 2.05) is 0 Å². The first-order valence-corrected chi connectivity index (χ1v) is 34.7. The number of hydrogen-bond donors (Lipinski definition) is 0. The predicted octanol–water partition coefficient (Wildman–Crippen LogP) is 23.6. The number of hydrogen-bond acceptors (Lipinski definition) is 6. The Hall–Kier alpha value is -1.85. The van der Waals surface area contributed by atoms with Crippen molar-refractivity contribution in [1.82, 2.24) is 0 Å². The van der Waals surface area contributed by atoms with Crippen molar-refractivity contribution >= 4 is 17.9 Å². The minimum atomic E-state index is -0.763. The van der Waals surface area contributed by atoms with Gasteiger partial charge in [0.2, 0.25) is 0 Å². The molecular weight excluding hydrogens is 937 g/mol. The Bertz CT molecular complexity index is 1180. The van der Waals surface area contributed by atoms with Gasteiger partial charge in [-0.2, -0.15) is 0 Å². The number of carbonyl (C=O) groups is 3. The molecule has 0 fully saturated rings. The monoisotopic (exact) mass is 1070 g/mol. The fourth-order valence-electron chi connectivity index (χ4n) is 10.8. The van der Waals surface area contributed by atoms with Gasteiger partial charge < -0.3 is 14.2 Å². The Labute approximate surface area is 475 Å². The quantitative estimate of drug-likeness (QED) is 0.0261. The van der Waals surface area contributed by atoms with Gasteiger partial charge in [0.25, 0.3) is 0 Å². The fourth-order valence-corrected chi connectivity index (χ4v) is 10.8. The molecule has 0 aliphatic rings. The van der Waals surface area contributed by atoms with Crippen LogP contribution in [-0.2, 0) is 28.6 Å². The van der Waals surface area contributed by atoms with Crippen LogP contribution in [-0.4, -0.2) is 37.2 Å². The Balaban J connectivity index is 4.06. The highest BCUT2D eigenvalue weighted by Gasteiger charge is 2.19. The first-order chi connectivity index (χ1) is 37.5. The van der Waals surface area contributed by atoms with Crippen molar-refractivity contribution in [3.05, 3.63) is 12.2 Å². The van der Waals surface area contributed by atoms with Crippen LogP contribution >= 0.6 is 0 Å². The zero-order valence-electron chi connectivity index (χ0n) is 51.8. The molecule has 0 radical (unpaired) electrons. The number of allylic oxidation sites excluding steroid dienone is 2. The molecule has 0 aromatic heterocycles. The molecule has 0 N–H and O–H groups in total. The summed E-state index contributed by atoms with van der Waals surface area (Å²) in [4.78, 5) is 38.3. The Morgan fingerprint density at radius 3 is 0.658 bits per heavy atom. The molecule has 0 amide bonds. The summed E-state index contributed by atoms with van der Waals surface area (Å²) in [5.74, 6) is -0.830. The van der Waals surface area contributed by atoms with E-state index in [9.17, 15) is 14.4 Å². The molecule has 0 aliphatic heterocycles.